The van der Waals surface area contributed by atoms with Gasteiger partial charge in [0.05, 0.1) is 5.92 Å². The largest absolute Gasteiger partial charge is 0.481 e. The Morgan fingerprint density at radius 2 is 1.64 bits per heavy atom. The molecule has 1 saturated carbocycles. The number of carboxylic acid groups (broad SMARTS) is 1. The third kappa shape index (κ3) is 1.61. The average Bonchev–Trinajstić information content (AvgIpc) is 2.51. The minimum absolute atomic E-state index is 0.181. The molecule has 0 unspecified atom stereocenters. The number of amides is 1. The molecule has 1 N–H and O–H groups in total. The van der Waals surface area contributed by atoms with E-state index < -0.39 is 5.97 Å². The van der Waals surface area contributed by atoms with Crippen molar-refractivity contribution in [1.29, 1.82) is 0 Å². The number of nitrogens with zero attached hydrogens (tertiary/aromatic N) is 1. The SMILES string of the molecule is O=C(O)C1CN(C(=O)C2CCCC2)C1. The Bertz CT molecular complexity index is 252. The van der Waals surface area contributed by atoms with E-state index in [0.29, 0.717) is 13.1 Å². The molecule has 2 fully saturated rings. The quantitative estimate of drug-likeness (QED) is 0.709. The van der Waals surface area contributed by atoms with Gasteiger partial charge in [-0.15, -0.1) is 0 Å². The second-order valence-electron chi connectivity index (χ2n) is 4.26. The number of carbonyl (C=O) groups excluding carboxylic acids is 1. The van der Waals surface area contributed by atoms with Gasteiger partial charge in [0.15, 0.2) is 0 Å². The van der Waals surface area contributed by atoms with E-state index in [9.17, 15) is 9.59 Å². The Hall–Kier alpha value is -1.06. The highest BCUT2D eigenvalue weighted by molar-refractivity contribution is 5.82. The van der Waals surface area contributed by atoms with Crippen molar-refractivity contribution in [2.75, 3.05) is 13.1 Å². The van der Waals surface area contributed by atoms with Gasteiger partial charge in [0.1, 0.15) is 0 Å². The third-order valence-corrected chi connectivity index (χ3v) is 3.25. The van der Waals surface area contributed by atoms with E-state index in [-0.39, 0.29) is 17.7 Å². The molecule has 1 saturated heterocycles. The smallest absolute Gasteiger partial charge is 0.310 e. The second-order valence-corrected chi connectivity index (χ2v) is 4.26. The van der Waals surface area contributed by atoms with E-state index in [1.54, 1.807) is 4.90 Å². The monoisotopic (exact) mass is 197 g/mol. The lowest BCUT2D eigenvalue weighted by Crippen LogP contribution is -2.54. The van der Waals surface area contributed by atoms with Crippen LogP contribution in [-0.2, 0) is 9.59 Å². The normalized spacial score (nSPS) is 23.6. The van der Waals surface area contributed by atoms with Crippen molar-refractivity contribution in [2.45, 2.75) is 25.7 Å². The predicted octanol–water partition coefficient (Wildman–Crippen LogP) is 0.720. The summed E-state index contributed by atoms with van der Waals surface area (Å²) in [5, 5.41) is 8.66. The maximum Gasteiger partial charge on any atom is 0.310 e. The number of hydrogen-bond acceptors (Lipinski definition) is 2. The van der Waals surface area contributed by atoms with Gasteiger partial charge in [-0.05, 0) is 12.8 Å². The van der Waals surface area contributed by atoms with Crippen molar-refractivity contribution < 1.29 is 14.7 Å². The van der Waals surface area contributed by atoms with E-state index in [2.05, 4.69) is 0 Å². The molecule has 2 rings (SSSR count). The lowest BCUT2D eigenvalue weighted by molar-refractivity contribution is -0.154. The Labute approximate surface area is 82.9 Å². The number of likely N-dealkylation sites (tertiary alicyclic amines) is 1. The van der Waals surface area contributed by atoms with Crippen LogP contribution >= 0.6 is 0 Å². The average molecular weight is 197 g/mol. The molecule has 0 spiro atoms. The molecule has 1 aliphatic heterocycles. The molecule has 0 aromatic rings. The lowest BCUT2D eigenvalue weighted by Gasteiger charge is -2.38. The minimum Gasteiger partial charge on any atom is -0.481 e. The minimum atomic E-state index is -0.777. The van der Waals surface area contributed by atoms with E-state index in [4.69, 9.17) is 5.11 Å². The molecule has 0 aromatic carbocycles. The van der Waals surface area contributed by atoms with Crippen LogP contribution in [-0.4, -0.2) is 35.0 Å². The molecule has 4 heteroatoms. The van der Waals surface area contributed by atoms with Crippen molar-refractivity contribution in [2.24, 2.45) is 11.8 Å². The zero-order valence-corrected chi connectivity index (χ0v) is 8.11. The van der Waals surface area contributed by atoms with Crippen LogP contribution in [0.2, 0.25) is 0 Å². The van der Waals surface area contributed by atoms with Gasteiger partial charge in [-0.1, -0.05) is 12.8 Å². The highest BCUT2D eigenvalue weighted by atomic mass is 16.4. The van der Waals surface area contributed by atoms with Gasteiger partial charge in [-0.25, -0.2) is 0 Å². The number of hydrogen-bond donors (Lipinski definition) is 1. The van der Waals surface area contributed by atoms with E-state index in [0.717, 1.165) is 25.7 Å². The molecule has 4 nitrogen and oxygen atoms in total. The fourth-order valence-corrected chi connectivity index (χ4v) is 2.25. The van der Waals surface area contributed by atoms with Gasteiger partial charge in [0.2, 0.25) is 5.91 Å². The molecule has 0 radical (unpaired) electrons. The van der Waals surface area contributed by atoms with Gasteiger partial charge in [-0.2, -0.15) is 0 Å². The van der Waals surface area contributed by atoms with Crippen LogP contribution in [0.1, 0.15) is 25.7 Å². The van der Waals surface area contributed by atoms with Crippen molar-refractivity contribution >= 4 is 11.9 Å². The molecule has 0 aromatic heterocycles. The predicted molar refractivity (Wildman–Crippen MR) is 49.7 cm³/mol. The molecule has 1 amide bonds. The number of aliphatic carboxylic acids is 1. The Morgan fingerprint density at radius 1 is 1.07 bits per heavy atom. The Morgan fingerprint density at radius 3 is 2.14 bits per heavy atom. The van der Waals surface area contributed by atoms with Crippen LogP contribution in [0.5, 0.6) is 0 Å². The first-order valence-electron chi connectivity index (χ1n) is 5.20. The summed E-state index contributed by atoms with van der Waals surface area (Å²) < 4.78 is 0. The summed E-state index contributed by atoms with van der Waals surface area (Å²) in [4.78, 5) is 24.0. The summed E-state index contributed by atoms with van der Waals surface area (Å²) in [6, 6.07) is 0. The van der Waals surface area contributed by atoms with Crippen LogP contribution in [0, 0.1) is 11.8 Å². The summed E-state index contributed by atoms with van der Waals surface area (Å²) in [7, 11) is 0. The van der Waals surface area contributed by atoms with Crippen molar-refractivity contribution in [3.63, 3.8) is 0 Å². The van der Waals surface area contributed by atoms with E-state index in [1.807, 2.05) is 0 Å². The molecule has 78 valence electrons. The first-order chi connectivity index (χ1) is 6.68. The summed E-state index contributed by atoms with van der Waals surface area (Å²) in [5.74, 6) is -0.731. The topological polar surface area (TPSA) is 57.6 Å². The summed E-state index contributed by atoms with van der Waals surface area (Å²) in [6.45, 7) is 0.843. The van der Waals surface area contributed by atoms with Crippen molar-refractivity contribution in [3.8, 4) is 0 Å². The summed E-state index contributed by atoms with van der Waals surface area (Å²) >= 11 is 0. The fourth-order valence-electron chi connectivity index (χ4n) is 2.25. The maximum absolute atomic E-state index is 11.7. The zero-order valence-electron chi connectivity index (χ0n) is 8.11. The third-order valence-electron chi connectivity index (χ3n) is 3.25. The first-order valence-corrected chi connectivity index (χ1v) is 5.20. The molecule has 14 heavy (non-hydrogen) atoms. The Kier molecular flexibility index (Phi) is 2.44. The molecule has 0 atom stereocenters. The highest BCUT2D eigenvalue weighted by Gasteiger charge is 2.38. The van der Waals surface area contributed by atoms with Gasteiger partial charge in [-0.3, -0.25) is 9.59 Å². The molecular formula is C10H15NO3. The standard InChI is InChI=1S/C10H15NO3/c12-9(7-3-1-2-4-7)11-5-8(6-11)10(13)14/h7-8H,1-6H2,(H,13,14). The van der Waals surface area contributed by atoms with Gasteiger partial charge in [0.25, 0.3) is 0 Å². The van der Waals surface area contributed by atoms with Crippen molar-refractivity contribution in [3.05, 3.63) is 0 Å². The molecule has 2 aliphatic rings. The second kappa shape index (κ2) is 3.59. The summed E-state index contributed by atoms with van der Waals surface area (Å²) in [6.07, 6.45) is 4.28. The van der Waals surface area contributed by atoms with Gasteiger partial charge < -0.3 is 10.0 Å². The van der Waals surface area contributed by atoms with E-state index in [1.165, 1.54) is 0 Å². The van der Waals surface area contributed by atoms with Crippen molar-refractivity contribution in [1.82, 2.24) is 4.90 Å². The van der Waals surface area contributed by atoms with Gasteiger partial charge in [0, 0.05) is 19.0 Å². The van der Waals surface area contributed by atoms with Gasteiger partial charge >= 0.3 is 5.97 Å². The lowest BCUT2D eigenvalue weighted by atomic mass is 9.97. The molecular weight excluding hydrogens is 182 g/mol. The van der Waals surface area contributed by atoms with E-state index >= 15 is 0 Å². The fraction of sp³-hybridized carbons (Fsp3) is 0.800. The van der Waals surface area contributed by atoms with Crippen LogP contribution in [0.25, 0.3) is 0 Å². The van der Waals surface area contributed by atoms with Crippen LogP contribution < -0.4 is 0 Å². The zero-order chi connectivity index (χ0) is 10.1. The maximum atomic E-state index is 11.7. The molecule has 1 heterocycles. The number of rotatable bonds is 2. The molecule has 1 aliphatic carbocycles. The van der Waals surface area contributed by atoms with Crippen LogP contribution in [0.4, 0.5) is 0 Å². The summed E-state index contributed by atoms with van der Waals surface area (Å²) in [5.41, 5.74) is 0. The first kappa shape index (κ1) is 9.49. The van der Waals surface area contributed by atoms with Crippen LogP contribution in [0.15, 0.2) is 0 Å². The molecule has 0 bridgehead atoms. The number of carboxylic acids is 1. The van der Waals surface area contributed by atoms with Crippen LogP contribution in [0.3, 0.4) is 0 Å². The highest BCUT2D eigenvalue weighted by Crippen LogP contribution is 2.29. The number of carbonyl (C=O) groups is 2. The Balaban J connectivity index is 1.81.